The number of aromatic nitrogens is 3. The summed E-state index contributed by atoms with van der Waals surface area (Å²) in [6, 6.07) is 17.2. The highest BCUT2D eigenvalue weighted by molar-refractivity contribution is 6.30. The van der Waals surface area contributed by atoms with Crippen molar-refractivity contribution in [2.75, 3.05) is 0 Å². The Labute approximate surface area is 206 Å². The molecule has 4 heteroatoms. The Morgan fingerprint density at radius 2 is 1.24 bits per heavy atom. The molecule has 0 aliphatic heterocycles. The predicted octanol–water partition coefficient (Wildman–Crippen LogP) is 7.83. The molecule has 5 aromatic carbocycles. The van der Waals surface area contributed by atoms with E-state index >= 15 is 0 Å². The van der Waals surface area contributed by atoms with Crippen LogP contribution in [0.2, 0.25) is 5.02 Å². The first-order valence-electron chi connectivity index (χ1n) is 13.7. The molecule has 0 fully saturated rings. The van der Waals surface area contributed by atoms with Gasteiger partial charge < -0.3 is 0 Å². The largest absolute Gasteiger partial charge is 0.208 e. The summed E-state index contributed by atoms with van der Waals surface area (Å²) in [6.45, 7) is 0. The van der Waals surface area contributed by atoms with E-state index in [0.29, 0.717) is 16.1 Å². The highest BCUT2D eigenvalue weighted by atomic mass is 35.5. The van der Waals surface area contributed by atoms with Crippen LogP contribution in [0, 0.1) is 0 Å². The quantitative estimate of drug-likeness (QED) is 0.275. The fourth-order valence-electron chi connectivity index (χ4n) is 3.59. The second kappa shape index (κ2) is 8.12. The van der Waals surface area contributed by atoms with Crippen molar-refractivity contribution >= 4 is 33.1 Å². The lowest BCUT2D eigenvalue weighted by molar-refractivity contribution is 1.08. The highest BCUT2D eigenvalue weighted by Gasteiger charge is 2.13. The van der Waals surface area contributed by atoms with Crippen LogP contribution < -0.4 is 0 Å². The van der Waals surface area contributed by atoms with Gasteiger partial charge in [-0.3, -0.25) is 0 Å². The van der Waals surface area contributed by atoms with Crippen molar-refractivity contribution < 1.29 is 9.60 Å². The minimum absolute atomic E-state index is 0.0639. The van der Waals surface area contributed by atoms with Gasteiger partial charge in [0, 0.05) is 21.7 Å². The fourth-order valence-corrected chi connectivity index (χ4v) is 3.79. The van der Waals surface area contributed by atoms with Crippen LogP contribution in [0.15, 0.2) is 109 Å². The third kappa shape index (κ3) is 3.84. The van der Waals surface area contributed by atoms with E-state index in [0.717, 1.165) is 10.8 Å². The van der Waals surface area contributed by atoms with Crippen molar-refractivity contribution in [1.29, 1.82) is 0 Å². The molecule has 0 aliphatic carbocycles. The summed E-state index contributed by atoms with van der Waals surface area (Å²) in [5.74, 6) is 0.438. The third-order valence-electron chi connectivity index (χ3n) is 5.20. The fraction of sp³-hybridized carbons (Fsp3) is 0. The van der Waals surface area contributed by atoms with E-state index in [4.69, 9.17) is 21.2 Å². The second-order valence-corrected chi connectivity index (χ2v) is 7.81. The van der Waals surface area contributed by atoms with Gasteiger partial charge in [0.25, 0.3) is 0 Å². The Morgan fingerprint density at radius 1 is 0.545 bits per heavy atom. The minimum Gasteiger partial charge on any atom is -0.208 e. The third-order valence-corrected chi connectivity index (χ3v) is 5.43. The maximum absolute atomic E-state index is 8.94. The van der Waals surface area contributed by atoms with E-state index in [1.165, 1.54) is 0 Å². The van der Waals surface area contributed by atoms with E-state index in [1.807, 2.05) is 42.5 Å². The number of hydrogen-bond donors (Lipinski definition) is 0. The Kier molecular flexibility index (Phi) is 3.31. The number of fused-ring (bicyclic) bond motifs is 2. The number of halogens is 1. The summed E-state index contributed by atoms with van der Waals surface area (Å²) in [5.41, 5.74) is 1.11. The van der Waals surface area contributed by atoms with Crippen molar-refractivity contribution in [3.63, 3.8) is 0 Å². The van der Waals surface area contributed by atoms with Crippen LogP contribution in [0.4, 0.5) is 0 Å². The van der Waals surface area contributed by atoms with Gasteiger partial charge in [0.1, 0.15) is 0 Å². The number of benzene rings is 5. The van der Waals surface area contributed by atoms with Gasteiger partial charge in [0.2, 0.25) is 0 Å². The monoisotopic (exact) mass is 450 g/mol. The van der Waals surface area contributed by atoms with Gasteiger partial charge in [0.15, 0.2) is 17.5 Å². The van der Waals surface area contributed by atoms with Crippen LogP contribution in [0.1, 0.15) is 9.60 Å². The topological polar surface area (TPSA) is 38.7 Å². The first-order valence-corrected chi connectivity index (χ1v) is 10.5. The molecule has 156 valence electrons. The van der Waals surface area contributed by atoms with Crippen LogP contribution in [0.5, 0.6) is 0 Å². The van der Waals surface area contributed by atoms with Crippen molar-refractivity contribution in [3.8, 4) is 34.2 Å². The van der Waals surface area contributed by atoms with Crippen molar-refractivity contribution in [2.45, 2.75) is 0 Å². The number of rotatable bonds is 3. The first-order chi connectivity index (χ1) is 19.2. The molecule has 33 heavy (non-hydrogen) atoms. The van der Waals surface area contributed by atoms with Gasteiger partial charge >= 0.3 is 0 Å². The number of hydrogen-bond acceptors (Lipinski definition) is 3. The molecule has 0 aliphatic rings. The summed E-state index contributed by atoms with van der Waals surface area (Å²) in [6.07, 6.45) is 0. The molecule has 1 aromatic heterocycles. The Bertz CT molecular complexity index is 2010. The maximum Gasteiger partial charge on any atom is 0.164 e. The van der Waals surface area contributed by atoms with Crippen LogP contribution in [-0.2, 0) is 0 Å². The second-order valence-electron chi connectivity index (χ2n) is 7.38. The molecule has 0 saturated carbocycles. The molecular formula is C29H18ClN3. The van der Waals surface area contributed by atoms with Crippen molar-refractivity contribution in [1.82, 2.24) is 15.0 Å². The Balaban J connectivity index is 1.69. The van der Waals surface area contributed by atoms with Gasteiger partial charge in [-0.2, -0.15) is 0 Å². The average molecular weight is 451 g/mol. The molecular weight excluding hydrogens is 426 g/mol. The first kappa shape index (κ1) is 13.5. The summed E-state index contributed by atoms with van der Waals surface area (Å²) in [7, 11) is 0. The Morgan fingerprint density at radius 3 is 2.03 bits per heavy atom. The molecule has 6 aromatic rings. The molecule has 0 N–H and O–H groups in total. The lowest BCUT2D eigenvalue weighted by Crippen LogP contribution is -2.00. The standard InChI is InChI=1S/C29H18ClN3/c30-26-11-5-10-23(18-26)27-31-28(24-14-12-19-6-1-3-8-21(19)16-24)33-29(32-27)25-15-13-20-7-2-4-9-22(20)17-25/h1-18H/i1D,3D,6D,8D,12D,14D,16D. The molecule has 0 amide bonds. The maximum atomic E-state index is 8.94. The minimum atomic E-state index is -0.528. The van der Waals surface area contributed by atoms with E-state index in [9.17, 15) is 0 Å². The predicted molar refractivity (Wildman–Crippen MR) is 136 cm³/mol. The Hall–Kier alpha value is -4.08. The van der Waals surface area contributed by atoms with E-state index < -0.39 is 36.3 Å². The van der Waals surface area contributed by atoms with Crippen molar-refractivity contribution in [3.05, 3.63) is 114 Å². The summed E-state index contributed by atoms with van der Waals surface area (Å²) in [4.78, 5) is 13.9. The molecule has 0 atom stereocenters. The van der Waals surface area contributed by atoms with Crippen LogP contribution in [0.3, 0.4) is 0 Å². The molecule has 0 bridgehead atoms. The molecule has 3 nitrogen and oxygen atoms in total. The van der Waals surface area contributed by atoms with Gasteiger partial charge in [-0.1, -0.05) is 96.4 Å². The number of nitrogens with zero attached hydrogens (tertiary/aromatic N) is 3. The van der Waals surface area contributed by atoms with Gasteiger partial charge in [-0.25, -0.2) is 15.0 Å². The van der Waals surface area contributed by atoms with E-state index in [1.54, 1.807) is 24.3 Å². The van der Waals surface area contributed by atoms with Gasteiger partial charge in [-0.15, -0.1) is 0 Å². The lowest BCUT2D eigenvalue weighted by atomic mass is 10.1. The summed E-state index contributed by atoms with van der Waals surface area (Å²) < 4.78 is 59.1. The zero-order valence-electron chi connectivity index (χ0n) is 24.1. The highest BCUT2D eigenvalue weighted by Crippen LogP contribution is 2.29. The summed E-state index contributed by atoms with van der Waals surface area (Å²) in [5, 5.41) is 2.09. The smallest absolute Gasteiger partial charge is 0.164 e. The van der Waals surface area contributed by atoms with Crippen LogP contribution in [-0.4, -0.2) is 15.0 Å². The zero-order valence-corrected chi connectivity index (χ0v) is 17.8. The lowest BCUT2D eigenvalue weighted by Gasteiger charge is -2.10. The van der Waals surface area contributed by atoms with E-state index in [-0.39, 0.29) is 39.9 Å². The van der Waals surface area contributed by atoms with Crippen LogP contribution >= 0.6 is 11.6 Å². The molecule has 1 heterocycles. The van der Waals surface area contributed by atoms with Gasteiger partial charge in [0.05, 0.1) is 9.60 Å². The molecule has 0 radical (unpaired) electrons. The van der Waals surface area contributed by atoms with Crippen molar-refractivity contribution in [2.24, 2.45) is 0 Å². The normalized spacial score (nSPS) is 14.2. The zero-order chi connectivity index (χ0) is 28.3. The molecule has 0 spiro atoms. The average Bonchev–Trinajstić information content (AvgIpc) is 2.96. The molecule has 0 saturated heterocycles. The van der Waals surface area contributed by atoms with E-state index in [2.05, 4.69) is 15.0 Å². The molecule has 0 unspecified atom stereocenters. The summed E-state index contributed by atoms with van der Waals surface area (Å²) >= 11 is 6.24. The molecule has 6 rings (SSSR count). The SMILES string of the molecule is [2H]c1c([2H])c([2H])c2c([2H])c(-c3nc(-c4cccc(Cl)c4)nc(-c4ccc5ccccc5c4)n3)c([2H])c([2H])c2c1[2H]. The van der Waals surface area contributed by atoms with Gasteiger partial charge in [-0.05, 0) is 45.8 Å². The van der Waals surface area contributed by atoms with Crippen LogP contribution in [0.25, 0.3) is 55.7 Å².